The molecule has 1 aliphatic carbocycles. The second kappa shape index (κ2) is 10.4. The maximum absolute atomic E-state index is 14.2. The Hall–Kier alpha value is -4.82. The molecule has 0 aliphatic heterocycles. The number of halogens is 1. The molecule has 1 N–H and O–H groups in total. The highest BCUT2D eigenvalue weighted by atomic mass is 35.5. The second-order valence-electron chi connectivity index (χ2n) is 11.8. The van der Waals surface area contributed by atoms with Crippen molar-refractivity contribution in [2.75, 3.05) is 21.3 Å². The van der Waals surface area contributed by atoms with Crippen LogP contribution in [0.1, 0.15) is 36.3 Å². The minimum Gasteiger partial charge on any atom is -0.493 e. The number of H-pyrrole nitrogens is 1. The van der Waals surface area contributed by atoms with Gasteiger partial charge >= 0.3 is 0 Å². The molecule has 3 heterocycles. The number of rotatable bonds is 6. The molecule has 8 nitrogen and oxygen atoms in total. The maximum atomic E-state index is 14.2. The molecule has 9 heteroatoms. The van der Waals surface area contributed by atoms with Crippen LogP contribution in [0.4, 0.5) is 0 Å². The van der Waals surface area contributed by atoms with Gasteiger partial charge in [-0.3, -0.25) is 4.79 Å². The SMILES string of the molecule is COc1ccc(-c2c3c(nc4c2c(-c2c[nH]c5ccccc25)nn4-c2ccc(Cl)cc2)CC(C)(C)CC3=O)c(OC)c1OC. The molecular formula is C35H31ClN4O4. The van der Waals surface area contributed by atoms with Gasteiger partial charge in [-0.25, -0.2) is 9.67 Å². The third-order valence-electron chi connectivity index (χ3n) is 8.34. The highest BCUT2D eigenvalue weighted by Crippen LogP contribution is 2.51. The van der Waals surface area contributed by atoms with Crippen LogP contribution in [0.25, 0.3) is 50.0 Å². The number of nitrogens with one attached hydrogen (secondary N) is 1. The average Bonchev–Trinajstić information content (AvgIpc) is 3.60. The van der Waals surface area contributed by atoms with Crippen molar-refractivity contribution in [2.45, 2.75) is 26.7 Å². The number of hydrogen-bond acceptors (Lipinski definition) is 6. The summed E-state index contributed by atoms with van der Waals surface area (Å²) in [5, 5.41) is 7.58. The lowest BCUT2D eigenvalue weighted by molar-refractivity contribution is 0.0911. The molecule has 0 saturated heterocycles. The van der Waals surface area contributed by atoms with Gasteiger partial charge in [-0.2, -0.15) is 5.10 Å². The largest absolute Gasteiger partial charge is 0.493 e. The minimum atomic E-state index is -0.255. The van der Waals surface area contributed by atoms with Gasteiger partial charge < -0.3 is 19.2 Å². The monoisotopic (exact) mass is 606 g/mol. The van der Waals surface area contributed by atoms with Crippen LogP contribution in [0.5, 0.6) is 17.2 Å². The van der Waals surface area contributed by atoms with Crippen molar-refractivity contribution in [3.05, 3.63) is 83.1 Å². The zero-order chi connectivity index (χ0) is 30.7. The van der Waals surface area contributed by atoms with E-state index in [9.17, 15) is 4.79 Å². The Bertz CT molecular complexity index is 2090. The molecule has 0 spiro atoms. The Kier molecular flexibility index (Phi) is 6.62. The molecule has 0 saturated carbocycles. The Morgan fingerprint density at radius 1 is 0.864 bits per heavy atom. The quantitative estimate of drug-likeness (QED) is 0.206. The van der Waals surface area contributed by atoms with Gasteiger partial charge in [0.2, 0.25) is 5.75 Å². The number of aromatic amines is 1. The topological polar surface area (TPSA) is 91.3 Å². The molecule has 7 rings (SSSR count). The van der Waals surface area contributed by atoms with Gasteiger partial charge in [-0.15, -0.1) is 0 Å². The van der Waals surface area contributed by atoms with Crippen molar-refractivity contribution in [3.63, 3.8) is 0 Å². The molecule has 0 amide bonds. The summed E-state index contributed by atoms with van der Waals surface area (Å²) < 4.78 is 19.2. The molecule has 6 aromatic rings. The number of nitrogens with zero attached hydrogens (tertiary/aromatic N) is 3. The first-order chi connectivity index (χ1) is 21.2. The van der Waals surface area contributed by atoms with Crippen molar-refractivity contribution in [2.24, 2.45) is 5.41 Å². The van der Waals surface area contributed by atoms with E-state index in [0.29, 0.717) is 63.1 Å². The van der Waals surface area contributed by atoms with E-state index in [1.807, 2.05) is 65.5 Å². The number of carbonyl (C=O) groups excluding carboxylic acids is 1. The van der Waals surface area contributed by atoms with E-state index in [4.69, 9.17) is 35.9 Å². The standard InChI is InChI=1S/C35H31ClN4O4/c1-35(2)16-25-29(26(41)17-35)28(22-14-15-27(42-3)33(44-5)32(22)43-4)30-31(23-18-37-24-9-7-6-8-21(23)24)39-40(34(30)38-25)20-12-10-19(36)11-13-20/h6-15,18,37H,16-17H2,1-5H3. The summed E-state index contributed by atoms with van der Waals surface area (Å²) in [6.07, 6.45) is 2.98. The molecule has 1 aliphatic rings. The van der Waals surface area contributed by atoms with E-state index in [2.05, 4.69) is 24.9 Å². The highest BCUT2D eigenvalue weighted by Gasteiger charge is 2.38. The van der Waals surface area contributed by atoms with Crippen LogP contribution in [0.3, 0.4) is 0 Å². The van der Waals surface area contributed by atoms with Gasteiger partial charge in [0.25, 0.3) is 0 Å². The average molecular weight is 607 g/mol. The number of hydrogen-bond donors (Lipinski definition) is 1. The van der Waals surface area contributed by atoms with Crippen LogP contribution in [0.15, 0.2) is 66.9 Å². The molecule has 222 valence electrons. The van der Waals surface area contributed by atoms with Crippen LogP contribution >= 0.6 is 11.6 Å². The lowest BCUT2D eigenvalue weighted by Crippen LogP contribution is -2.28. The van der Waals surface area contributed by atoms with Gasteiger partial charge in [-0.05, 0) is 54.3 Å². The van der Waals surface area contributed by atoms with E-state index in [1.54, 1.807) is 21.3 Å². The predicted octanol–water partition coefficient (Wildman–Crippen LogP) is 8.07. The van der Waals surface area contributed by atoms with Crippen molar-refractivity contribution in [1.82, 2.24) is 19.7 Å². The molecule has 44 heavy (non-hydrogen) atoms. The number of pyridine rings is 1. The first-order valence-corrected chi connectivity index (χ1v) is 14.7. The fraction of sp³-hybridized carbons (Fsp3) is 0.229. The van der Waals surface area contributed by atoms with Crippen LogP contribution in [0, 0.1) is 5.41 Å². The highest BCUT2D eigenvalue weighted by molar-refractivity contribution is 6.30. The van der Waals surface area contributed by atoms with Crippen LogP contribution in [-0.2, 0) is 6.42 Å². The van der Waals surface area contributed by atoms with Gasteiger partial charge in [0.05, 0.1) is 38.1 Å². The van der Waals surface area contributed by atoms with E-state index < -0.39 is 0 Å². The summed E-state index contributed by atoms with van der Waals surface area (Å²) in [4.78, 5) is 22.8. The Morgan fingerprint density at radius 2 is 1.61 bits per heavy atom. The molecule has 0 radical (unpaired) electrons. The van der Waals surface area contributed by atoms with Crippen molar-refractivity contribution < 1.29 is 19.0 Å². The minimum absolute atomic E-state index is 0.0293. The zero-order valence-electron chi connectivity index (χ0n) is 25.1. The molecular weight excluding hydrogens is 576 g/mol. The van der Waals surface area contributed by atoms with Gasteiger partial charge in [0.15, 0.2) is 22.9 Å². The summed E-state index contributed by atoms with van der Waals surface area (Å²) in [5.74, 6) is 1.45. The molecule has 0 bridgehead atoms. The van der Waals surface area contributed by atoms with E-state index in [-0.39, 0.29) is 11.2 Å². The number of fused-ring (bicyclic) bond motifs is 3. The van der Waals surface area contributed by atoms with Gasteiger partial charge in [0, 0.05) is 50.8 Å². The van der Waals surface area contributed by atoms with E-state index >= 15 is 0 Å². The van der Waals surface area contributed by atoms with Crippen LogP contribution in [-0.4, -0.2) is 46.9 Å². The Labute approximate surface area is 259 Å². The van der Waals surface area contributed by atoms with E-state index in [1.165, 1.54) is 0 Å². The predicted molar refractivity (Wildman–Crippen MR) is 173 cm³/mol. The molecule has 0 atom stereocenters. The van der Waals surface area contributed by atoms with Crippen molar-refractivity contribution in [3.8, 4) is 45.3 Å². The lowest BCUT2D eigenvalue weighted by atomic mass is 9.73. The number of methoxy groups -OCH3 is 3. The Balaban J connectivity index is 1.69. The zero-order valence-corrected chi connectivity index (χ0v) is 25.9. The number of para-hydroxylation sites is 1. The summed E-state index contributed by atoms with van der Waals surface area (Å²) in [6.45, 7) is 4.20. The van der Waals surface area contributed by atoms with Gasteiger partial charge in [0.1, 0.15) is 5.69 Å². The Morgan fingerprint density at radius 3 is 2.34 bits per heavy atom. The first kappa shape index (κ1) is 28.0. The number of ether oxygens (including phenoxy) is 3. The summed E-state index contributed by atoms with van der Waals surface area (Å²) in [5.41, 5.74) is 6.44. The smallest absolute Gasteiger partial charge is 0.203 e. The van der Waals surface area contributed by atoms with Crippen molar-refractivity contribution in [1.29, 1.82) is 0 Å². The molecule has 0 unspecified atom stereocenters. The normalized spacial score (nSPS) is 14.2. The summed E-state index contributed by atoms with van der Waals surface area (Å²) in [7, 11) is 4.75. The fourth-order valence-corrected chi connectivity index (χ4v) is 6.57. The number of Topliss-reactive ketones (excluding diaryl/α,β-unsaturated/α-hetero) is 1. The van der Waals surface area contributed by atoms with Crippen LogP contribution < -0.4 is 14.2 Å². The second-order valence-corrected chi connectivity index (χ2v) is 12.3. The fourth-order valence-electron chi connectivity index (χ4n) is 6.45. The third-order valence-corrected chi connectivity index (χ3v) is 8.60. The van der Waals surface area contributed by atoms with Gasteiger partial charge in [-0.1, -0.05) is 43.6 Å². The van der Waals surface area contributed by atoms with Crippen LogP contribution in [0.2, 0.25) is 5.02 Å². The first-order valence-electron chi connectivity index (χ1n) is 14.3. The molecule has 3 aromatic heterocycles. The van der Waals surface area contributed by atoms with Crippen molar-refractivity contribution >= 4 is 39.3 Å². The number of carbonyl (C=O) groups is 1. The number of ketones is 1. The molecule has 0 fully saturated rings. The maximum Gasteiger partial charge on any atom is 0.203 e. The number of aromatic nitrogens is 4. The molecule has 3 aromatic carbocycles. The lowest BCUT2D eigenvalue weighted by Gasteiger charge is -2.31. The van der Waals surface area contributed by atoms with E-state index in [0.717, 1.165) is 33.2 Å². The number of benzene rings is 3. The summed E-state index contributed by atoms with van der Waals surface area (Å²) in [6, 6.07) is 19.3. The summed E-state index contributed by atoms with van der Waals surface area (Å²) >= 11 is 6.28. The third kappa shape index (κ3) is 4.32.